The first kappa shape index (κ1) is 28.4. The summed E-state index contributed by atoms with van der Waals surface area (Å²) < 4.78 is 16.7. The molecule has 0 aromatic heterocycles. The Morgan fingerprint density at radius 1 is 1.08 bits per heavy atom. The Labute approximate surface area is 233 Å². The van der Waals surface area contributed by atoms with E-state index in [0.717, 1.165) is 17.8 Å². The van der Waals surface area contributed by atoms with Gasteiger partial charge in [-0.1, -0.05) is 42.1 Å². The lowest BCUT2D eigenvalue weighted by molar-refractivity contribution is -0.141. The zero-order chi connectivity index (χ0) is 27.8. The van der Waals surface area contributed by atoms with Crippen LogP contribution in [0.3, 0.4) is 0 Å². The van der Waals surface area contributed by atoms with Crippen LogP contribution in [-0.4, -0.2) is 74.4 Å². The molecule has 4 rings (SSSR count). The van der Waals surface area contributed by atoms with Crippen molar-refractivity contribution >= 4 is 28.8 Å². The molecule has 0 spiro atoms. The Morgan fingerprint density at radius 3 is 2.59 bits per heavy atom. The number of hydrogen-bond acceptors (Lipinski definition) is 9. The highest BCUT2D eigenvalue weighted by Crippen LogP contribution is 2.45. The molecule has 2 aromatic rings. The summed E-state index contributed by atoms with van der Waals surface area (Å²) in [4.78, 5) is 34.9. The first-order valence-electron chi connectivity index (χ1n) is 12.7. The molecular formula is C29H34N4O5S. The van der Waals surface area contributed by atoms with E-state index in [2.05, 4.69) is 5.32 Å². The molecule has 0 radical (unpaired) electrons. The number of likely N-dealkylation sites (N-methyl/N-ethyl adjacent to an activating group) is 1. The Morgan fingerprint density at radius 2 is 1.85 bits per heavy atom. The summed E-state index contributed by atoms with van der Waals surface area (Å²) >= 11 is 1.44. The van der Waals surface area contributed by atoms with Gasteiger partial charge in [-0.2, -0.15) is 0 Å². The number of ether oxygens (including phenoxy) is 3. The third-order valence-electron chi connectivity index (χ3n) is 6.12. The van der Waals surface area contributed by atoms with Crippen LogP contribution in [0, 0.1) is 0 Å². The molecule has 2 aliphatic rings. The van der Waals surface area contributed by atoms with E-state index < -0.39 is 12.0 Å². The highest BCUT2D eigenvalue weighted by Gasteiger charge is 2.41. The molecule has 0 saturated heterocycles. The zero-order valence-electron chi connectivity index (χ0n) is 22.7. The number of esters is 1. The van der Waals surface area contributed by atoms with Gasteiger partial charge in [0.2, 0.25) is 5.91 Å². The van der Waals surface area contributed by atoms with Gasteiger partial charge in [-0.25, -0.2) is 9.79 Å². The number of aliphatic imine (C=N–C) groups is 1. The number of methoxy groups -OCH3 is 1. The average Bonchev–Trinajstić information content (AvgIpc) is 3.30. The summed E-state index contributed by atoms with van der Waals surface area (Å²) in [5.41, 5.74) is 2.55. The second-order valence-corrected chi connectivity index (χ2v) is 10.2. The monoisotopic (exact) mass is 550 g/mol. The van der Waals surface area contributed by atoms with Crippen molar-refractivity contribution in [1.82, 2.24) is 15.1 Å². The molecule has 2 aromatic carbocycles. The first-order chi connectivity index (χ1) is 18.9. The highest BCUT2D eigenvalue weighted by atomic mass is 32.2. The molecule has 1 unspecified atom stereocenters. The van der Waals surface area contributed by atoms with Gasteiger partial charge in [0.1, 0.15) is 18.1 Å². The van der Waals surface area contributed by atoms with Crippen LogP contribution in [-0.2, 0) is 19.1 Å². The minimum atomic E-state index is -0.553. The molecule has 1 atom stereocenters. The summed E-state index contributed by atoms with van der Waals surface area (Å²) in [6.45, 7) is 3.51. The fraction of sp³-hybridized carbons (Fsp3) is 0.345. The SMILES string of the molecule is COCCOC(=O)C1=C(C)N=C2SC=C(CC(=O)NCCN(C)C)N2C1c1cccc(Oc2ccccc2)c1. The van der Waals surface area contributed by atoms with Crippen LogP contribution in [0.15, 0.2) is 82.0 Å². The fourth-order valence-electron chi connectivity index (χ4n) is 4.26. The molecule has 1 amide bonds. The van der Waals surface area contributed by atoms with Crippen molar-refractivity contribution in [2.45, 2.75) is 19.4 Å². The van der Waals surface area contributed by atoms with E-state index in [1.807, 2.05) is 83.9 Å². The van der Waals surface area contributed by atoms with E-state index in [4.69, 9.17) is 19.2 Å². The molecule has 1 N–H and O–H groups in total. The lowest BCUT2D eigenvalue weighted by Gasteiger charge is -2.36. The Kier molecular flexibility index (Phi) is 9.80. The van der Waals surface area contributed by atoms with Gasteiger partial charge in [0, 0.05) is 25.9 Å². The topological polar surface area (TPSA) is 92.7 Å². The number of carbonyl (C=O) groups is 2. The summed E-state index contributed by atoms with van der Waals surface area (Å²) in [6.07, 6.45) is 0.154. The number of thioether (sulfide) groups is 1. The normalized spacial score (nSPS) is 16.5. The van der Waals surface area contributed by atoms with E-state index >= 15 is 0 Å². The number of amides is 1. The maximum Gasteiger partial charge on any atom is 0.338 e. The lowest BCUT2D eigenvalue weighted by atomic mass is 9.93. The molecule has 206 valence electrons. The number of carbonyl (C=O) groups excluding carboxylic acids is 2. The second-order valence-electron chi connectivity index (χ2n) is 9.34. The molecular weight excluding hydrogens is 516 g/mol. The molecule has 10 heteroatoms. The van der Waals surface area contributed by atoms with E-state index in [0.29, 0.717) is 34.5 Å². The Hall–Kier alpha value is -3.60. The molecule has 0 fully saturated rings. The molecule has 2 aliphatic heterocycles. The van der Waals surface area contributed by atoms with Crippen molar-refractivity contribution < 1.29 is 23.8 Å². The predicted molar refractivity (Wildman–Crippen MR) is 152 cm³/mol. The van der Waals surface area contributed by atoms with Crippen LogP contribution in [0.4, 0.5) is 0 Å². The molecule has 39 heavy (non-hydrogen) atoms. The number of rotatable bonds is 12. The van der Waals surface area contributed by atoms with Gasteiger partial charge in [0.05, 0.1) is 30.3 Å². The van der Waals surface area contributed by atoms with Crippen molar-refractivity contribution in [2.75, 3.05) is 47.5 Å². The molecule has 9 nitrogen and oxygen atoms in total. The van der Waals surface area contributed by atoms with Crippen LogP contribution in [0.25, 0.3) is 0 Å². The van der Waals surface area contributed by atoms with Crippen molar-refractivity contribution in [2.24, 2.45) is 4.99 Å². The molecule has 0 bridgehead atoms. The molecule has 0 aliphatic carbocycles. The number of para-hydroxylation sites is 1. The van der Waals surface area contributed by atoms with Crippen LogP contribution in [0.2, 0.25) is 0 Å². The Balaban J connectivity index is 1.66. The van der Waals surface area contributed by atoms with Gasteiger partial charge >= 0.3 is 5.97 Å². The smallest absolute Gasteiger partial charge is 0.338 e. The summed E-state index contributed by atoms with van der Waals surface area (Å²) in [6, 6.07) is 16.6. The van der Waals surface area contributed by atoms with Crippen LogP contribution < -0.4 is 10.1 Å². The number of allylic oxidation sites excluding steroid dienone is 1. The van der Waals surface area contributed by atoms with E-state index in [9.17, 15) is 9.59 Å². The molecule has 2 heterocycles. The summed E-state index contributed by atoms with van der Waals surface area (Å²) in [5.74, 6) is 0.767. The van der Waals surface area contributed by atoms with Crippen molar-refractivity contribution in [3.05, 3.63) is 82.5 Å². The number of nitrogens with one attached hydrogen (secondary N) is 1. The highest BCUT2D eigenvalue weighted by molar-refractivity contribution is 8.16. The van der Waals surface area contributed by atoms with Crippen molar-refractivity contribution in [1.29, 1.82) is 0 Å². The van der Waals surface area contributed by atoms with Gasteiger partial charge in [-0.3, -0.25) is 4.79 Å². The van der Waals surface area contributed by atoms with E-state index in [1.54, 1.807) is 14.0 Å². The van der Waals surface area contributed by atoms with E-state index in [1.165, 1.54) is 11.8 Å². The van der Waals surface area contributed by atoms with Crippen LogP contribution >= 0.6 is 11.8 Å². The largest absolute Gasteiger partial charge is 0.460 e. The van der Waals surface area contributed by atoms with Gasteiger partial charge < -0.3 is 29.3 Å². The maximum atomic E-state index is 13.4. The zero-order valence-corrected chi connectivity index (χ0v) is 23.5. The minimum absolute atomic E-state index is 0.0969. The number of benzene rings is 2. The third kappa shape index (κ3) is 7.29. The van der Waals surface area contributed by atoms with Crippen molar-refractivity contribution in [3.63, 3.8) is 0 Å². The number of fused-ring (bicyclic) bond motifs is 1. The quantitative estimate of drug-likeness (QED) is 0.309. The van der Waals surface area contributed by atoms with E-state index in [-0.39, 0.29) is 25.5 Å². The number of nitrogens with zero attached hydrogens (tertiary/aromatic N) is 3. The maximum absolute atomic E-state index is 13.4. The standard InChI is InChI=1S/C29H34N4O5S/c1-20-26(28(35)37-16-15-36-4)27(21-9-8-12-24(17-21)38-23-10-6-5-7-11-23)33-22(19-39-29(33)31-20)18-25(34)30-13-14-32(2)3/h5-12,17,19,27H,13-16,18H2,1-4H3,(H,30,34). The summed E-state index contributed by atoms with van der Waals surface area (Å²) in [7, 11) is 5.47. The number of hydrogen-bond donors (Lipinski definition) is 1. The van der Waals surface area contributed by atoms with Crippen LogP contribution in [0.1, 0.15) is 24.9 Å². The van der Waals surface area contributed by atoms with Crippen molar-refractivity contribution in [3.8, 4) is 11.5 Å². The lowest BCUT2D eigenvalue weighted by Crippen LogP contribution is -2.38. The van der Waals surface area contributed by atoms with Gasteiger partial charge in [0.15, 0.2) is 5.17 Å². The summed E-state index contributed by atoms with van der Waals surface area (Å²) in [5, 5.41) is 5.60. The average molecular weight is 551 g/mol. The molecule has 0 saturated carbocycles. The van der Waals surface area contributed by atoms with Gasteiger partial charge in [-0.05, 0) is 56.3 Å². The second kappa shape index (κ2) is 13.5. The fourth-order valence-corrected chi connectivity index (χ4v) is 5.22. The number of amidine groups is 1. The predicted octanol–water partition coefficient (Wildman–Crippen LogP) is 4.31. The third-order valence-corrected chi connectivity index (χ3v) is 7.01. The van der Waals surface area contributed by atoms with Gasteiger partial charge in [-0.15, -0.1) is 0 Å². The minimum Gasteiger partial charge on any atom is -0.460 e. The van der Waals surface area contributed by atoms with Crippen LogP contribution in [0.5, 0.6) is 11.5 Å². The first-order valence-corrected chi connectivity index (χ1v) is 13.6. The Bertz CT molecular complexity index is 1280. The van der Waals surface area contributed by atoms with Gasteiger partial charge in [0.25, 0.3) is 0 Å².